The molecule has 1 aromatic carbocycles. The number of nitrogens with one attached hydrogen (secondary N) is 2. The normalized spacial score (nSPS) is 13.3. The number of carbonyl (C=O) groups excluding carboxylic acids is 2. The molecule has 8 nitrogen and oxygen atoms in total. The van der Waals surface area contributed by atoms with Crippen molar-refractivity contribution < 1.29 is 14.3 Å². The molecule has 0 aliphatic carbocycles. The van der Waals surface area contributed by atoms with E-state index in [0.717, 1.165) is 59.4 Å². The Bertz CT molecular complexity index is 1160. The van der Waals surface area contributed by atoms with Crippen LogP contribution < -0.4 is 10.6 Å². The second-order valence-electron chi connectivity index (χ2n) is 8.02. The molecule has 1 aliphatic rings. The third-order valence-electron chi connectivity index (χ3n) is 5.69. The molecule has 0 radical (unpaired) electrons. The first-order chi connectivity index (χ1) is 16.0. The minimum absolute atomic E-state index is 0.0567. The predicted molar refractivity (Wildman–Crippen MR) is 128 cm³/mol. The average Bonchev–Trinajstić information content (AvgIpc) is 2.86. The van der Waals surface area contributed by atoms with E-state index >= 15 is 0 Å². The Kier molecular flexibility index (Phi) is 6.83. The van der Waals surface area contributed by atoms with Crippen LogP contribution in [0.2, 0.25) is 0 Å². The molecule has 1 aliphatic heterocycles. The van der Waals surface area contributed by atoms with Crippen LogP contribution in [0.15, 0.2) is 55.0 Å². The molecule has 0 spiro atoms. The molecule has 0 unspecified atom stereocenters. The van der Waals surface area contributed by atoms with E-state index in [9.17, 15) is 9.59 Å². The van der Waals surface area contributed by atoms with Crippen molar-refractivity contribution in [1.29, 1.82) is 0 Å². The van der Waals surface area contributed by atoms with E-state index in [2.05, 4.69) is 25.3 Å². The molecule has 0 bridgehead atoms. The maximum atomic E-state index is 12.6. The summed E-state index contributed by atoms with van der Waals surface area (Å²) >= 11 is 0. The van der Waals surface area contributed by atoms with E-state index in [0.29, 0.717) is 5.82 Å². The summed E-state index contributed by atoms with van der Waals surface area (Å²) in [4.78, 5) is 34.6. The van der Waals surface area contributed by atoms with Crippen molar-refractivity contribution in [2.24, 2.45) is 0 Å². The molecule has 0 saturated carbocycles. The largest absolute Gasteiger partial charge is 0.453 e. The van der Waals surface area contributed by atoms with E-state index in [-0.39, 0.29) is 6.03 Å². The number of hydrogen-bond donors (Lipinski definition) is 2. The van der Waals surface area contributed by atoms with Crippen LogP contribution in [0.25, 0.3) is 22.3 Å². The van der Waals surface area contributed by atoms with Crippen LogP contribution in [0.4, 0.5) is 21.1 Å². The Balaban J connectivity index is 1.58. The number of urea groups is 1. The second-order valence-corrected chi connectivity index (χ2v) is 8.02. The fourth-order valence-electron chi connectivity index (χ4n) is 3.89. The highest BCUT2D eigenvalue weighted by atomic mass is 16.5. The number of hydrogen-bond acceptors (Lipinski definition) is 5. The van der Waals surface area contributed by atoms with Crippen LogP contribution in [-0.2, 0) is 4.74 Å². The molecular formula is C25H27N5O3. The van der Waals surface area contributed by atoms with Crippen LogP contribution in [0.1, 0.15) is 24.8 Å². The average molecular weight is 446 g/mol. The minimum Gasteiger partial charge on any atom is -0.453 e. The highest BCUT2D eigenvalue weighted by molar-refractivity contribution is 5.91. The van der Waals surface area contributed by atoms with Gasteiger partial charge in [0.2, 0.25) is 0 Å². The van der Waals surface area contributed by atoms with Crippen molar-refractivity contribution in [2.45, 2.75) is 26.2 Å². The van der Waals surface area contributed by atoms with Gasteiger partial charge in [-0.05, 0) is 73.2 Å². The number of amides is 3. The summed E-state index contributed by atoms with van der Waals surface area (Å²) in [7, 11) is 1.30. The van der Waals surface area contributed by atoms with Crippen LogP contribution in [0.3, 0.4) is 0 Å². The van der Waals surface area contributed by atoms with Gasteiger partial charge in [-0.2, -0.15) is 0 Å². The molecule has 3 amide bonds. The lowest BCUT2D eigenvalue weighted by molar-refractivity contribution is 0.186. The SMILES string of the molecule is COC(=O)Nc1cc(-c2cncc(-c3cc(NC(=O)N4CCCCC4)ccc3C)c2)ccn1. The third kappa shape index (κ3) is 5.46. The van der Waals surface area contributed by atoms with Gasteiger partial charge in [0.25, 0.3) is 0 Å². The number of anilines is 2. The minimum atomic E-state index is -0.578. The number of rotatable bonds is 4. The predicted octanol–water partition coefficient (Wildman–Crippen LogP) is 5.32. The lowest BCUT2D eigenvalue weighted by Gasteiger charge is -2.27. The van der Waals surface area contributed by atoms with Crippen LogP contribution >= 0.6 is 0 Å². The van der Waals surface area contributed by atoms with Crippen molar-refractivity contribution >= 4 is 23.6 Å². The number of likely N-dealkylation sites (tertiary alicyclic amines) is 1. The number of pyridine rings is 2. The third-order valence-corrected chi connectivity index (χ3v) is 5.69. The molecule has 0 atom stereocenters. The molecule has 2 N–H and O–H groups in total. The van der Waals surface area contributed by atoms with Gasteiger partial charge < -0.3 is 15.0 Å². The van der Waals surface area contributed by atoms with Gasteiger partial charge in [0.15, 0.2) is 0 Å². The van der Waals surface area contributed by atoms with Gasteiger partial charge >= 0.3 is 12.1 Å². The number of aromatic nitrogens is 2. The van der Waals surface area contributed by atoms with Crippen LogP contribution in [-0.4, -0.2) is 47.2 Å². The molecule has 4 rings (SSSR count). The lowest BCUT2D eigenvalue weighted by Crippen LogP contribution is -2.38. The van der Waals surface area contributed by atoms with Gasteiger partial charge in [0, 0.05) is 48.5 Å². The van der Waals surface area contributed by atoms with Crippen molar-refractivity contribution in [3.63, 3.8) is 0 Å². The standard InChI is InChI=1S/C25H27N5O3/c1-17-6-7-21(28-24(31)30-10-4-3-5-11-30)14-22(17)20-12-19(15-26-16-20)18-8-9-27-23(13-18)29-25(32)33-2/h6-9,12-16H,3-5,10-11H2,1-2H3,(H,28,31)(H,27,29,32). The van der Waals surface area contributed by atoms with E-state index < -0.39 is 6.09 Å². The second kappa shape index (κ2) is 10.1. The fourth-order valence-corrected chi connectivity index (χ4v) is 3.89. The van der Waals surface area contributed by atoms with E-state index in [1.165, 1.54) is 13.5 Å². The molecule has 170 valence electrons. The number of methoxy groups -OCH3 is 1. The summed E-state index contributed by atoms with van der Waals surface area (Å²) in [5.74, 6) is 0.392. The topological polar surface area (TPSA) is 96.4 Å². The number of aryl methyl sites for hydroxylation is 1. The molecule has 3 aromatic rings. The van der Waals surface area contributed by atoms with E-state index in [4.69, 9.17) is 0 Å². The van der Waals surface area contributed by atoms with Crippen LogP contribution in [0.5, 0.6) is 0 Å². The molecular weight excluding hydrogens is 418 g/mol. The monoisotopic (exact) mass is 445 g/mol. The first kappa shape index (κ1) is 22.3. The highest BCUT2D eigenvalue weighted by Gasteiger charge is 2.17. The fraction of sp³-hybridized carbons (Fsp3) is 0.280. The zero-order valence-corrected chi connectivity index (χ0v) is 18.8. The molecule has 2 aromatic heterocycles. The first-order valence-corrected chi connectivity index (χ1v) is 11.0. The van der Waals surface area contributed by atoms with Crippen molar-refractivity contribution in [1.82, 2.24) is 14.9 Å². The molecule has 3 heterocycles. The van der Waals surface area contributed by atoms with Gasteiger partial charge in [0.1, 0.15) is 5.82 Å². The highest BCUT2D eigenvalue weighted by Crippen LogP contribution is 2.30. The summed E-state index contributed by atoms with van der Waals surface area (Å²) in [6.07, 6.45) is 7.89. The van der Waals surface area contributed by atoms with Crippen molar-refractivity contribution in [2.75, 3.05) is 30.8 Å². The van der Waals surface area contributed by atoms with Gasteiger partial charge in [-0.3, -0.25) is 10.3 Å². The Labute approximate surface area is 193 Å². The molecule has 1 saturated heterocycles. The lowest BCUT2D eigenvalue weighted by atomic mass is 9.98. The first-order valence-electron chi connectivity index (χ1n) is 11.0. The van der Waals surface area contributed by atoms with Crippen molar-refractivity contribution in [3.8, 4) is 22.3 Å². The maximum Gasteiger partial charge on any atom is 0.412 e. The summed E-state index contributed by atoms with van der Waals surface area (Å²) in [6.45, 7) is 3.63. The van der Waals surface area contributed by atoms with Crippen LogP contribution in [0, 0.1) is 6.92 Å². The molecule has 33 heavy (non-hydrogen) atoms. The summed E-state index contributed by atoms with van der Waals surface area (Å²) < 4.78 is 4.63. The van der Waals surface area contributed by atoms with Crippen molar-refractivity contribution in [3.05, 3.63) is 60.6 Å². The number of nitrogens with zero attached hydrogens (tertiary/aromatic N) is 3. The Morgan fingerprint density at radius 2 is 1.73 bits per heavy atom. The van der Waals surface area contributed by atoms with E-state index in [1.54, 1.807) is 24.7 Å². The van der Waals surface area contributed by atoms with Gasteiger partial charge in [-0.15, -0.1) is 0 Å². The molecule has 8 heteroatoms. The Morgan fingerprint density at radius 3 is 2.52 bits per heavy atom. The Morgan fingerprint density at radius 1 is 0.939 bits per heavy atom. The summed E-state index contributed by atoms with van der Waals surface area (Å²) in [6, 6.07) is 11.5. The van der Waals surface area contributed by atoms with Gasteiger partial charge in [-0.25, -0.2) is 14.6 Å². The van der Waals surface area contributed by atoms with Gasteiger partial charge in [0.05, 0.1) is 7.11 Å². The smallest absolute Gasteiger partial charge is 0.412 e. The maximum absolute atomic E-state index is 12.6. The number of ether oxygens (including phenoxy) is 1. The summed E-state index contributed by atoms with van der Waals surface area (Å²) in [5.41, 5.74) is 5.49. The number of carbonyl (C=O) groups is 2. The zero-order chi connectivity index (χ0) is 23.2. The Hall–Kier alpha value is -3.94. The van der Waals surface area contributed by atoms with E-state index in [1.807, 2.05) is 42.2 Å². The quantitative estimate of drug-likeness (QED) is 0.567. The number of piperidine rings is 1. The summed E-state index contributed by atoms with van der Waals surface area (Å²) in [5, 5.41) is 5.61. The number of benzene rings is 1. The molecule has 1 fully saturated rings. The zero-order valence-electron chi connectivity index (χ0n) is 18.8. The van der Waals surface area contributed by atoms with Gasteiger partial charge in [-0.1, -0.05) is 6.07 Å².